The summed E-state index contributed by atoms with van der Waals surface area (Å²) in [5, 5.41) is 1.49. The highest BCUT2D eigenvalue weighted by atomic mass is 79.9. The second-order valence-corrected chi connectivity index (χ2v) is 5.74. The molecule has 1 aromatic heterocycles. The summed E-state index contributed by atoms with van der Waals surface area (Å²) in [4.78, 5) is 5.42. The van der Waals surface area contributed by atoms with E-state index in [2.05, 4.69) is 52.1 Å². The molecule has 0 bridgehead atoms. The maximum absolute atomic E-state index is 6.10. The number of hydrogen-bond acceptors (Lipinski definition) is 2. The van der Waals surface area contributed by atoms with E-state index >= 15 is 0 Å². The molecule has 2 aromatic rings. The molecule has 1 aromatic carbocycles. The van der Waals surface area contributed by atoms with E-state index in [9.17, 15) is 0 Å². The first kappa shape index (κ1) is 12.0. The fourth-order valence-electron chi connectivity index (χ4n) is 1.20. The van der Waals surface area contributed by atoms with Crippen molar-refractivity contribution in [3.05, 3.63) is 51.6 Å². The van der Waals surface area contributed by atoms with Gasteiger partial charge in [0.1, 0.15) is 5.03 Å². The summed E-state index contributed by atoms with van der Waals surface area (Å²) in [6.45, 7) is 2.07. The Morgan fingerprint density at radius 3 is 2.56 bits per heavy atom. The van der Waals surface area contributed by atoms with Crippen LogP contribution in [-0.4, -0.2) is 4.98 Å². The molecule has 0 aliphatic rings. The topological polar surface area (TPSA) is 12.9 Å². The van der Waals surface area contributed by atoms with Gasteiger partial charge in [0.2, 0.25) is 0 Å². The lowest BCUT2D eigenvalue weighted by atomic mass is 10.2. The van der Waals surface area contributed by atoms with E-state index < -0.39 is 0 Å². The number of hydrogen-bond donors (Lipinski definition) is 0. The first-order valence-corrected chi connectivity index (χ1v) is 6.69. The summed E-state index contributed by atoms with van der Waals surface area (Å²) in [5.74, 6) is 0. The maximum atomic E-state index is 6.10. The molecule has 0 aliphatic carbocycles. The first-order valence-electron chi connectivity index (χ1n) is 4.71. The average molecular weight is 315 g/mol. The van der Waals surface area contributed by atoms with Crippen LogP contribution in [0.25, 0.3) is 0 Å². The number of aryl methyl sites for hydroxylation is 1. The molecule has 0 amide bonds. The normalized spacial score (nSPS) is 10.4. The third kappa shape index (κ3) is 3.00. The van der Waals surface area contributed by atoms with E-state index in [-0.39, 0.29) is 0 Å². The van der Waals surface area contributed by atoms with Gasteiger partial charge in [-0.3, -0.25) is 0 Å². The van der Waals surface area contributed by atoms with Crippen LogP contribution in [-0.2, 0) is 0 Å². The number of benzene rings is 1. The van der Waals surface area contributed by atoms with Crippen LogP contribution in [0.2, 0.25) is 5.02 Å². The predicted octanol–water partition coefficient (Wildman–Crippen LogP) is 4.96. The van der Waals surface area contributed by atoms with Crippen LogP contribution in [0.5, 0.6) is 0 Å². The largest absolute Gasteiger partial charge is 0.247 e. The molecular weight excluding hydrogens is 306 g/mol. The van der Waals surface area contributed by atoms with E-state index in [0.717, 1.165) is 14.4 Å². The summed E-state index contributed by atoms with van der Waals surface area (Å²) in [5.41, 5.74) is 1.25. The van der Waals surface area contributed by atoms with Crippen LogP contribution in [0.4, 0.5) is 0 Å². The van der Waals surface area contributed by atoms with E-state index in [0.29, 0.717) is 5.02 Å². The molecule has 0 unspecified atom stereocenters. The molecule has 1 heterocycles. The van der Waals surface area contributed by atoms with Gasteiger partial charge in [0, 0.05) is 15.6 Å². The summed E-state index contributed by atoms with van der Waals surface area (Å²) in [6, 6.07) is 10.1. The summed E-state index contributed by atoms with van der Waals surface area (Å²) >= 11 is 11.0. The molecule has 0 radical (unpaired) electrons. The molecule has 0 atom stereocenters. The highest BCUT2D eigenvalue weighted by molar-refractivity contribution is 9.10. The maximum Gasteiger partial charge on any atom is 0.119 e. The fraction of sp³-hybridized carbons (Fsp3) is 0.0833. The fourth-order valence-corrected chi connectivity index (χ4v) is 2.70. The number of rotatable bonds is 2. The van der Waals surface area contributed by atoms with Gasteiger partial charge in [0.05, 0.1) is 5.02 Å². The van der Waals surface area contributed by atoms with Crippen molar-refractivity contribution < 1.29 is 0 Å². The van der Waals surface area contributed by atoms with Gasteiger partial charge in [-0.1, -0.05) is 41.1 Å². The molecule has 0 fully saturated rings. The third-order valence-electron chi connectivity index (χ3n) is 2.01. The monoisotopic (exact) mass is 313 g/mol. The standard InChI is InChI=1S/C12H9BrClNS/c1-8-2-4-10(5-3-8)16-12-11(14)6-9(13)7-15-12/h2-7H,1H3. The lowest BCUT2D eigenvalue weighted by molar-refractivity contribution is 1.12. The minimum atomic E-state index is 0.667. The Balaban J connectivity index is 2.23. The minimum absolute atomic E-state index is 0.667. The zero-order chi connectivity index (χ0) is 11.5. The highest BCUT2D eigenvalue weighted by Crippen LogP contribution is 2.32. The summed E-state index contributed by atoms with van der Waals surface area (Å²) < 4.78 is 0.894. The summed E-state index contributed by atoms with van der Waals surface area (Å²) in [7, 11) is 0. The van der Waals surface area contributed by atoms with Crippen LogP contribution < -0.4 is 0 Å². The first-order chi connectivity index (χ1) is 7.65. The van der Waals surface area contributed by atoms with Gasteiger partial charge >= 0.3 is 0 Å². The SMILES string of the molecule is Cc1ccc(Sc2ncc(Br)cc2Cl)cc1. The molecule has 0 spiro atoms. The van der Waals surface area contributed by atoms with Crippen molar-refractivity contribution in [3.8, 4) is 0 Å². The lowest BCUT2D eigenvalue weighted by Crippen LogP contribution is -1.82. The van der Waals surface area contributed by atoms with Crippen LogP contribution >= 0.6 is 39.3 Å². The zero-order valence-electron chi connectivity index (χ0n) is 8.58. The number of aromatic nitrogens is 1. The van der Waals surface area contributed by atoms with Crippen molar-refractivity contribution in [1.82, 2.24) is 4.98 Å². The molecule has 1 nitrogen and oxygen atoms in total. The van der Waals surface area contributed by atoms with Crippen molar-refractivity contribution >= 4 is 39.3 Å². The Morgan fingerprint density at radius 2 is 1.94 bits per heavy atom. The molecule has 16 heavy (non-hydrogen) atoms. The van der Waals surface area contributed by atoms with Crippen molar-refractivity contribution in [2.45, 2.75) is 16.8 Å². The Morgan fingerprint density at radius 1 is 1.25 bits per heavy atom. The van der Waals surface area contributed by atoms with Crippen LogP contribution in [0, 0.1) is 6.92 Å². The van der Waals surface area contributed by atoms with Gasteiger partial charge < -0.3 is 0 Å². The van der Waals surface area contributed by atoms with Gasteiger partial charge in [-0.05, 0) is 41.1 Å². The van der Waals surface area contributed by atoms with E-state index in [1.807, 2.05) is 6.07 Å². The van der Waals surface area contributed by atoms with Gasteiger partial charge in [-0.2, -0.15) is 0 Å². The van der Waals surface area contributed by atoms with E-state index in [1.165, 1.54) is 5.56 Å². The van der Waals surface area contributed by atoms with Crippen molar-refractivity contribution in [3.63, 3.8) is 0 Å². The minimum Gasteiger partial charge on any atom is -0.247 e. The average Bonchev–Trinajstić information content (AvgIpc) is 2.25. The lowest BCUT2D eigenvalue weighted by Gasteiger charge is -2.03. The Labute approximate surface area is 112 Å². The van der Waals surface area contributed by atoms with Crippen LogP contribution in [0.1, 0.15) is 5.56 Å². The quantitative estimate of drug-likeness (QED) is 0.777. The van der Waals surface area contributed by atoms with Gasteiger partial charge in [0.15, 0.2) is 0 Å². The van der Waals surface area contributed by atoms with Crippen LogP contribution in [0.3, 0.4) is 0 Å². The van der Waals surface area contributed by atoms with E-state index in [1.54, 1.807) is 18.0 Å². The Bertz CT molecular complexity index is 499. The molecular formula is C12H9BrClNS. The molecule has 0 saturated carbocycles. The molecule has 0 N–H and O–H groups in total. The zero-order valence-corrected chi connectivity index (χ0v) is 11.7. The highest BCUT2D eigenvalue weighted by Gasteiger charge is 2.04. The van der Waals surface area contributed by atoms with Crippen molar-refractivity contribution in [2.75, 3.05) is 0 Å². The second-order valence-electron chi connectivity index (χ2n) is 3.36. The molecule has 82 valence electrons. The molecule has 0 saturated heterocycles. The number of nitrogens with zero attached hydrogens (tertiary/aromatic N) is 1. The van der Waals surface area contributed by atoms with Gasteiger partial charge in [0.25, 0.3) is 0 Å². The Hall–Kier alpha value is -0.510. The smallest absolute Gasteiger partial charge is 0.119 e. The van der Waals surface area contributed by atoms with Crippen molar-refractivity contribution in [1.29, 1.82) is 0 Å². The molecule has 2 rings (SSSR count). The van der Waals surface area contributed by atoms with E-state index in [4.69, 9.17) is 11.6 Å². The van der Waals surface area contributed by atoms with Gasteiger partial charge in [-0.25, -0.2) is 4.98 Å². The third-order valence-corrected chi connectivity index (χ3v) is 3.87. The van der Waals surface area contributed by atoms with Crippen molar-refractivity contribution in [2.24, 2.45) is 0 Å². The molecule has 4 heteroatoms. The molecule has 0 aliphatic heterocycles. The second kappa shape index (κ2) is 5.21. The number of pyridine rings is 1. The Kier molecular flexibility index (Phi) is 3.90. The number of halogens is 2. The summed E-state index contributed by atoms with van der Waals surface area (Å²) in [6.07, 6.45) is 1.75. The predicted molar refractivity (Wildman–Crippen MR) is 72.2 cm³/mol. The van der Waals surface area contributed by atoms with Gasteiger partial charge in [-0.15, -0.1) is 0 Å². The van der Waals surface area contributed by atoms with Crippen LogP contribution in [0.15, 0.2) is 50.9 Å².